The van der Waals surface area contributed by atoms with Crippen LogP contribution >= 0.6 is 0 Å². The molecule has 3 heteroatoms. The Morgan fingerprint density at radius 2 is 2.22 bits per heavy atom. The van der Waals surface area contributed by atoms with Gasteiger partial charge in [-0.2, -0.15) is 5.26 Å². The van der Waals surface area contributed by atoms with Gasteiger partial charge in [0, 0.05) is 5.69 Å². The molecule has 2 rings (SSSR count). The van der Waals surface area contributed by atoms with E-state index >= 15 is 0 Å². The van der Waals surface area contributed by atoms with E-state index in [1.165, 1.54) is 0 Å². The van der Waals surface area contributed by atoms with Gasteiger partial charge in [0.1, 0.15) is 5.76 Å². The highest BCUT2D eigenvalue weighted by atomic mass is 16.3. The van der Waals surface area contributed by atoms with E-state index in [4.69, 9.17) is 9.68 Å². The van der Waals surface area contributed by atoms with E-state index < -0.39 is 0 Å². The fraction of sp³-hybridized carbons (Fsp3) is 0.267. The van der Waals surface area contributed by atoms with Crippen LogP contribution in [-0.4, -0.2) is 0 Å². The number of nitrogens with one attached hydrogen (secondary N) is 1. The lowest BCUT2D eigenvalue weighted by atomic mass is 10.1. The van der Waals surface area contributed by atoms with E-state index in [2.05, 4.69) is 18.3 Å². The number of benzene rings is 1. The van der Waals surface area contributed by atoms with Gasteiger partial charge < -0.3 is 9.73 Å². The van der Waals surface area contributed by atoms with Gasteiger partial charge in [0.2, 0.25) is 0 Å². The van der Waals surface area contributed by atoms with Crippen molar-refractivity contribution in [2.24, 2.45) is 0 Å². The fourth-order valence-corrected chi connectivity index (χ4v) is 1.90. The summed E-state index contributed by atoms with van der Waals surface area (Å²) in [7, 11) is 0. The van der Waals surface area contributed by atoms with Crippen molar-refractivity contribution in [3.05, 3.63) is 53.5 Å². The van der Waals surface area contributed by atoms with Crippen LogP contribution in [0.2, 0.25) is 0 Å². The summed E-state index contributed by atoms with van der Waals surface area (Å²) >= 11 is 0. The first-order chi connectivity index (χ1) is 8.74. The molecular formula is C15H16N2O. The van der Waals surface area contributed by atoms with Gasteiger partial charge in [-0.25, -0.2) is 0 Å². The highest BCUT2D eigenvalue weighted by Gasteiger charge is 2.13. The van der Waals surface area contributed by atoms with Crippen LogP contribution < -0.4 is 5.32 Å². The summed E-state index contributed by atoms with van der Waals surface area (Å²) in [6, 6.07) is 11.8. The number of anilines is 1. The Balaban J connectivity index is 2.25. The molecule has 1 aromatic heterocycles. The summed E-state index contributed by atoms with van der Waals surface area (Å²) in [6.45, 7) is 4.13. The van der Waals surface area contributed by atoms with Gasteiger partial charge in [0.15, 0.2) is 0 Å². The summed E-state index contributed by atoms with van der Waals surface area (Å²) in [6.07, 6.45) is 2.60. The highest BCUT2D eigenvalue weighted by Crippen LogP contribution is 2.25. The summed E-state index contributed by atoms with van der Waals surface area (Å²) in [5, 5.41) is 12.4. The highest BCUT2D eigenvalue weighted by molar-refractivity contribution is 5.56. The number of hydrogen-bond donors (Lipinski definition) is 1. The molecule has 18 heavy (non-hydrogen) atoms. The van der Waals surface area contributed by atoms with Crippen molar-refractivity contribution < 1.29 is 4.42 Å². The van der Waals surface area contributed by atoms with E-state index in [0.717, 1.165) is 23.4 Å². The second-order valence-electron chi connectivity index (χ2n) is 4.26. The van der Waals surface area contributed by atoms with Crippen LogP contribution in [0.25, 0.3) is 0 Å². The summed E-state index contributed by atoms with van der Waals surface area (Å²) in [5.41, 5.74) is 2.77. The van der Waals surface area contributed by atoms with Crippen LogP contribution in [0.1, 0.15) is 36.3 Å². The molecular weight excluding hydrogens is 224 g/mol. The Bertz CT molecular complexity index is 552. The Kier molecular flexibility index (Phi) is 3.69. The number of nitrogens with zero attached hydrogens (tertiary/aromatic N) is 1. The van der Waals surface area contributed by atoms with Gasteiger partial charge in [-0.3, -0.25) is 0 Å². The van der Waals surface area contributed by atoms with Crippen molar-refractivity contribution in [3.63, 3.8) is 0 Å². The lowest BCUT2D eigenvalue weighted by Crippen LogP contribution is -2.09. The first kappa shape index (κ1) is 12.3. The molecule has 0 amide bonds. The molecule has 1 aromatic carbocycles. The smallest absolute Gasteiger partial charge is 0.125 e. The maximum absolute atomic E-state index is 8.93. The van der Waals surface area contributed by atoms with E-state index in [0.29, 0.717) is 5.56 Å². The van der Waals surface area contributed by atoms with E-state index in [1.807, 2.05) is 37.3 Å². The molecule has 0 saturated carbocycles. The number of rotatable bonds is 4. The maximum Gasteiger partial charge on any atom is 0.125 e. The van der Waals surface area contributed by atoms with Crippen LogP contribution in [0, 0.1) is 18.3 Å². The standard InChI is InChI=1S/C15H16N2O/c1-3-13(15-5-4-8-18-15)17-14-9-12(10-16)7-6-11(14)2/h4-9,13,17H,3H2,1-2H3. The van der Waals surface area contributed by atoms with Gasteiger partial charge in [0.05, 0.1) is 23.9 Å². The van der Waals surface area contributed by atoms with E-state index in [9.17, 15) is 0 Å². The van der Waals surface area contributed by atoms with Gasteiger partial charge in [-0.05, 0) is 43.2 Å². The van der Waals surface area contributed by atoms with Crippen LogP contribution in [-0.2, 0) is 0 Å². The SMILES string of the molecule is CCC(Nc1cc(C#N)ccc1C)c1ccco1. The number of hydrogen-bond acceptors (Lipinski definition) is 3. The molecule has 1 atom stereocenters. The largest absolute Gasteiger partial charge is 0.467 e. The van der Waals surface area contributed by atoms with Crippen molar-refractivity contribution in [1.29, 1.82) is 5.26 Å². The Morgan fingerprint density at radius 3 is 2.83 bits per heavy atom. The maximum atomic E-state index is 8.93. The molecule has 0 radical (unpaired) electrons. The lowest BCUT2D eigenvalue weighted by Gasteiger charge is -2.17. The van der Waals surface area contributed by atoms with Crippen LogP contribution in [0.5, 0.6) is 0 Å². The van der Waals surface area contributed by atoms with Crippen molar-refractivity contribution in [3.8, 4) is 6.07 Å². The zero-order valence-electron chi connectivity index (χ0n) is 10.6. The van der Waals surface area contributed by atoms with E-state index in [1.54, 1.807) is 6.26 Å². The van der Waals surface area contributed by atoms with Crippen molar-refractivity contribution >= 4 is 5.69 Å². The molecule has 0 aliphatic heterocycles. The molecule has 0 aliphatic rings. The van der Waals surface area contributed by atoms with Crippen molar-refractivity contribution in [2.45, 2.75) is 26.3 Å². The molecule has 0 fully saturated rings. The van der Waals surface area contributed by atoms with Crippen LogP contribution in [0.4, 0.5) is 5.69 Å². The van der Waals surface area contributed by atoms with Gasteiger partial charge in [0.25, 0.3) is 0 Å². The van der Waals surface area contributed by atoms with Crippen molar-refractivity contribution in [1.82, 2.24) is 0 Å². The van der Waals surface area contributed by atoms with Gasteiger partial charge in [-0.1, -0.05) is 13.0 Å². The number of aryl methyl sites for hydroxylation is 1. The first-order valence-electron chi connectivity index (χ1n) is 6.05. The topological polar surface area (TPSA) is 49.0 Å². The van der Waals surface area contributed by atoms with Gasteiger partial charge in [-0.15, -0.1) is 0 Å². The van der Waals surface area contributed by atoms with E-state index in [-0.39, 0.29) is 6.04 Å². The lowest BCUT2D eigenvalue weighted by molar-refractivity contribution is 0.474. The third kappa shape index (κ3) is 2.54. The minimum Gasteiger partial charge on any atom is -0.467 e. The third-order valence-electron chi connectivity index (χ3n) is 2.99. The monoisotopic (exact) mass is 240 g/mol. The fourth-order valence-electron chi connectivity index (χ4n) is 1.90. The average molecular weight is 240 g/mol. The first-order valence-corrected chi connectivity index (χ1v) is 6.05. The molecule has 2 aromatic rings. The summed E-state index contributed by atoms with van der Waals surface area (Å²) in [4.78, 5) is 0. The minimum absolute atomic E-state index is 0.132. The van der Waals surface area contributed by atoms with Crippen LogP contribution in [0.15, 0.2) is 41.0 Å². The predicted molar refractivity (Wildman–Crippen MR) is 71.3 cm³/mol. The van der Waals surface area contributed by atoms with Crippen LogP contribution in [0.3, 0.4) is 0 Å². The zero-order valence-corrected chi connectivity index (χ0v) is 10.6. The summed E-state index contributed by atoms with van der Waals surface area (Å²) < 4.78 is 5.43. The second kappa shape index (κ2) is 5.42. The Labute approximate surface area is 107 Å². The zero-order chi connectivity index (χ0) is 13.0. The molecule has 1 unspecified atom stereocenters. The molecule has 0 saturated heterocycles. The molecule has 0 spiro atoms. The summed E-state index contributed by atoms with van der Waals surface area (Å²) in [5.74, 6) is 0.916. The Hall–Kier alpha value is -2.21. The molecule has 92 valence electrons. The molecule has 0 bridgehead atoms. The third-order valence-corrected chi connectivity index (χ3v) is 2.99. The molecule has 1 heterocycles. The molecule has 3 nitrogen and oxygen atoms in total. The average Bonchev–Trinajstić information content (AvgIpc) is 2.91. The second-order valence-corrected chi connectivity index (χ2v) is 4.26. The predicted octanol–water partition coefficient (Wildman–Crippen LogP) is 4.02. The van der Waals surface area contributed by atoms with Gasteiger partial charge >= 0.3 is 0 Å². The van der Waals surface area contributed by atoms with Crippen molar-refractivity contribution in [2.75, 3.05) is 5.32 Å². The number of nitriles is 1. The molecule has 0 aliphatic carbocycles. The molecule has 1 N–H and O–H groups in total. The minimum atomic E-state index is 0.132. The number of furan rings is 1. The Morgan fingerprint density at radius 1 is 1.39 bits per heavy atom. The quantitative estimate of drug-likeness (QED) is 0.877. The normalized spacial score (nSPS) is 11.8.